The standard InChI is InChI=1S/C24H34N2O2/c1-2-20(21-6-4-3-5-7-21)15-25-23(28)16-26-22(27)14-24-11-17-8-18(12-24)10-19(9-17)13-24/h3-7,17-20H,2,8-16H2,1H3,(H,25,28)(H,26,27). The predicted octanol–water partition coefficient (Wildman–Crippen LogP) is 4.02. The molecule has 1 atom stereocenters. The molecule has 4 aliphatic carbocycles. The molecule has 0 radical (unpaired) electrons. The third-order valence-corrected chi connectivity index (χ3v) is 7.46. The predicted molar refractivity (Wildman–Crippen MR) is 111 cm³/mol. The third kappa shape index (κ3) is 4.42. The van der Waals surface area contributed by atoms with Crippen LogP contribution in [0.4, 0.5) is 0 Å². The number of carbonyl (C=O) groups excluding carboxylic acids is 2. The van der Waals surface area contributed by atoms with E-state index >= 15 is 0 Å². The Balaban J connectivity index is 1.21. The van der Waals surface area contributed by atoms with Crippen molar-refractivity contribution in [2.24, 2.45) is 23.2 Å². The fourth-order valence-electron chi connectivity index (χ4n) is 6.61. The van der Waals surface area contributed by atoms with Gasteiger partial charge in [-0.1, -0.05) is 37.3 Å². The summed E-state index contributed by atoms with van der Waals surface area (Å²) in [5.74, 6) is 2.84. The molecule has 4 saturated carbocycles. The number of hydrogen-bond acceptors (Lipinski definition) is 2. The van der Waals surface area contributed by atoms with E-state index < -0.39 is 0 Å². The van der Waals surface area contributed by atoms with Crippen LogP contribution in [0.3, 0.4) is 0 Å². The molecule has 4 nitrogen and oxygen atoms in total. The number of amides is 2. The maximum Gasteiger partial charge on any atom is 0.239 e. The first-order valence-corrected chi connectivity index (χ1v) is 11.1. The molecule has 2 amide bonds. The van der Waals surface area contributed by atoms with Crippen molar-refractivity contribution in [3.8, 4) is 0 Å². The van der Waals surface area contributed by atoms with Crippen molar-refractivity contribution in [2.45, 2.75) is 64.2 Å². The van der Waals surface area contributed by atoms with E-state index in [2.05, 4.69) is 29.7 Å². The summed E-state index contributed by atoms with van der Waals surface area (Å²) in [7, 11) is 0. The smallest absolute Gasteiger partial charge is 0.239 e. The third-order valence-electron chi connectivity index (χ3n) is 7.46. The average Bonchev–Trinajstić information content (AvgIpc) is 2.66. The second-order valence-corrected chi connectivity index (χ2v) is 9.69. The number of rotatable bonds is 8. The van der Waals surface area contributed by atoms with Gasteiger partial charge in [0.05, 0.1) is 6.54 Å². The lowest BCUT2D eigenvalue weighted by Gasteiger charge is -2.56. The van der Waals surface area contributed by atoms with Gasteiger partial charge in [-0.15, -0.1) is 0 Å². The quantitative estimate of drug-likeness (QED) is 0.713. The Morgan fingerprint density at radius 2 is 1.57 bits per heavy atom. The van der Waals surface area contributed by atoms with E-state index in [-0.39, 0.29) is 23.8 Å². The SMILES string of the molecule is CCC(CNC(=O)CNC(=O)CC12CC3CC(CC(C3)C1)C2)c1ccccc1. The van der Waals surface area contributed by atoms with E-state index in [0.29, 0.717) is 18.9 Å². The number of nitrogens with one attached hydrogen (secondary N) is 2. The molecule has 4 fully saturated rings. The van der Waals surface area contributed by atoms with Gasteiger partial charge in [0.15, 0.2) is 0 Å². The molecule has 1 aromatic carbocycles. The maximum atomic E-state index is 12.6. The molecule has 152 valence electrons. The van der Waals surface area contributed by atoms with Crippen LogP contribution in [0.15, 0.2) is 30.3 Å². The van der Waals surface area contributed by atoms with Crippen LogP contribution in [0.5, 0.6) is 0 Å². The average molecular weight is 383 g/mol. The van der Waals surface area contributed by atoms with Crippen LogP contribution < -0.4 is 10.6 Å². The normalized spacial score (nSPS) is 31.4. The highest BCUT2D eigenvalue weighted by Gasteiger charge is 2.51. The number of carbonyl (C=O) groups is 2. The van der Waals surface area contributed by atoms with Gasteiger partial charge in [0.1, 0.15) is 0 Å². The summed E-state index contributed by atoms with van der Waals surface area (Å²) in [6.45, 7) is 2.84. The summed E-state index contributed by atoms with van der Waals surface area (Å²) >= 11 is 0. The van der Waals surface area contributed by atoms with Gasteiger partial charge in [-0.3, -0.25) is 9.59 Å². The molecular weight excluding hydrogens is 348 g/mol. The number of hydrogen-bond donors (Lipinski definition) is 2. The van der Waals surface area contributed by atoms with Crippen LogP contribution in [0.1, 0.15) is 69.8 Å². The monoisotopic (exact) mass is 382 g/mol. The van der Waals surface area contributed by atoms with Gasteiger partial charge < -0.3 is 10.6 Å². The molecule has 0 aromatic heterocycles. The van der Waals surface area contributed by atoms with Crippen LogP contribution in [-0.4, -0.2) is 24.9 Å². The molecular formula is C24H34N2O2. The summed E-state index contributed by atoms with van der Waals surface area (Å²) in [6, 6.07) is 10.3. The van der Waals surface area contributed by atoms with E-state index in [9.17, 15) is 9.59 Å². The summed E-state index contributed by atoms with van der Waals surface area (Å²) in [5, 5.41) is 5.88. The van der Waals surface area contributed by atoms with E-state index in [1.165, 1.54) is 44.1 Å². The van der Waals surface area contributed by atoms with Gasteiger partial charge in [0, 0.05) is 18.9 Å². The minimum atomic E-state index is -0.0896. The summed E-state index contributed by atoms with van der Waals surface area (Å²) < 4.78 is 0. The summed E-state index contributed by atoms with van der Waals surface area (Å²) in [4.78, 5) is 24.8. The highest BCUT2D eigenvalue weighted by atomic mass is 16.2. The van der Waals surface area contributed by atoms with E-state index in [1.807, 2.05) is 18.2 Å². The molecule has 4 aliphatic rings. The van der Waals surface area contributed by atoms with Crippen LogP contribution >= 0.6 is 0 Å². The lowest BCUT2D eigenvalue weighted by atomic mass is 9.49. The molecule has 0 saturated heterocycles. The molecule has 1 aromatic rings. The molecule has 0 heterocycles. The first-order valence-electron chi connectivity index (χ1n) is 11.1. The fourth-order valence-corrected chi connectivity index (χ4v) is 6.61. The van der Waals surface area contributed by atoms with E-state index in [4.69, 9.17) is 0 Å². The minimum absolute atomic E-state index is 0.0622. The van der Waals surface area contributed by atoms with Gasteiger partial charge in [-0.05, 0) is 73.7 Å². The van der Waals surface area contributed by atoms with Crippen molar-refractivity contribution in [2.75, 3.05) is 13.1 Å². The Morgan fingerprint density at radius 3 is 2.14 bits per heavy atom. The van der Waals surface area contributed by atoms with Gasteiger partial charge in [-0.25, -0.2) is 0 Å². The summed E-state index contributed by atoms with van der Waals surface area (Å²) in [6.07, 6.45) is 9.46. The Hall–Kier alpha value is -1.84. The van der Waals surface area contributed by atoms with Gasteiger partial charge >= 0.3 is 0 Å². The summed E-state index contributed by atoms with van der Waals surface area (Å²) in [5.41, 5.74) is 1.48. The lowest BCUT2D eigenvalue weighted by Crippen LogP contribution is -2.48. The molecule has 0 spiro atoms. The first-order chi connectivity index (χ1) is 13.5. The second-order valence-electron chi connectivity index (χ2n) is 9.69. The van der Waals surface area contributed by atoms with E-state index in [0.717, 1.165) is 24.2 Å². The second kappa shape index (κ2) is 8.26. The van der Waals surface area contributed by atoms with Crippen molar-refractivity contribution in [1.82, 2.24) is 10.6 Å². The zero-order chi connectivity index (χ0) is 19.6. The van der Waals surface area contributed by atoms with Gasteiger partial charge in [-0.2, -0.15) is 0 Å². The molecule has 5 rings (SSSR count). The minimum Gasteiger partial charge on any atom is -0.354 e. The van der Waals surface area contributed by atoms with Crippen LogP contribution in [0, 0.1) is 23.2 Å². The lowest BCUT2D eigenvalue weighted by molar-refractivity contribution is -0.131. The molecule has 2 N–H and O–H groups in total. The Kier molecular flexibility index (Phi) is 5.75. The topological polar surface area (TPSA) is 58.2 Å². The Morgan fingerprint density at radius 1 is 0.964 bits per heavy atom. The largest absolute Gasteiger partial charge is 0.354 e. The molecule has 28 heavy (non-hydrogen) atoms. The maximum absolute atomic E-state index is 12.6. The highest BCUT2D eigenvalue weighted by molar-refractivity contribution is 5.85. The van der Waals surface area contributed by atoms with Crippen LogP contribution in [0.25, 0.3) is 0 Å². The Labute approximate surface area is 168 Å². The van der Waals surface area contributed by atoms with E-state index in [1.54, 1.807) is 0 Å². The molecule has 4 bridgehead atoms. The number of benzene rings is 1. The molecule has 0 aliphatic heterocycles. The van der Waals surface area contributed by atoms with Crippen molar-refractivity contribution >= 4 is 11.8 Å². The molecule has 4 heteroatoms. The highest BCUT2D eigenvalue weighted by Crippen LogP contribution is 2.61. The van der Waals surface area contributed by atoms with Crippen LogP contribution in [0.2, 0.25) is 0 Å². The Bertz CT molecular complexity index is 665. The first kappa shape index (κ1) is 19.5. The van der Waals surface area contributed by atoms with Gasteiger partial charge in [0.2, 0.25) is 11.8 Å². The van der Waals surface area contributed by atoms with Gasteiger partial charge in [0.25, 0.3) is 0 Å². The van der Waals surface area contributed by atoms with Crippen LogP contribution in [-0.2, 0) is 9.59 Å². The van der Waals surface area contributed by atoms with Crippen molar-refractivity contribution in [3.63, 3.8) is 0 Å². The zero-order valence-corrected chi connectivity index (χ0v) is 17.1. The zero-order valence-electron chi connectivity index (χ0n) is 17.1. The molecule has 1 unspecified atom stereocenters. The van der Waals surface area contributed by atoms with Crippen molar-refractivity contribution in [1.29, 1.82) is 0 Å². The van der Waals surface area contributed by atoms with Crippen molar-refractivity contribution < 1.29 is 9.59 Å². The van der Waals surface area contributed by atoms with Crippen molar-refractivity contribution in [3.05, 3.63) is 35.9 Å². The fraction of sp³-hybridized carbons (Fsp3) is 0.667.